The number of morpholine rings is 1. The third-order valence-electron chi connectivity index (χ3n) is 2.48. The van der Waals surface area contributed by atoms with Crippen molar-refractivity contribution in [2.24, 2.45) is 0 Å². The average molecular weight is 254 g/mol. The molecule has 0 radical (unpaired) electrons. The van der Waals surface area contributed by atoms with Gasteiger partial charge in [-0.15, -0.1) is 0 Å². The minimum Gasteiger partial charge on any atom is -0.378 e. The molecule has 7 heteroatoms. The number of nitrogens with one attached hydrogen (secondary N) is 1. The number of halogens is 3. The third kappa shape index (κ3) is 4.51. The second-order valence-electron chi connectivity index (χ2n) is 4.26. The van der Waals surface area contributed by atoms with Crippen LogP contribution in [0.2, 0.25) is 0 Å². The van der Waals surface area contributed by atoms with Crippen molar-refractivity contribution in [2.75, 3.05) is 26.3 Å². The molecule has 0 aromatic carbocycles. The SMILES string of the molecule is CC(C)N(CC(F)(F)F)C(=O)C1COCCN1. The molecule has 4 nitrogen and oxygen atoms in total. The molecule has 1 N–H and O–H groups in total. The summed E-state index contributed by atoms with van der Waals surface area (Å²) < 4.78 is 42.1. The number of amides is 1. The standard InChI is InChI=1S/C10H17F3N2O2/c1-7(2)15(6-10(11,12)13)9(16)8-5-17-4-3-14-8/h7-8,14H,3-6H2,1-2H3. The molecule has 0 aromatic rings. The van der Waals surface area contributed by atoms with Crippen LogP contribution in [-0.2, 0) is 9.53 Å². The van der Waals surface area contributed by atoms with Crippen molar-refractivity contribution in [3.05, 3.63) is 0 Å². The second-order valence-corrected chi connectivity index (χ2v) is 4.26. The van der Waals surface area contributed by atoms with Gasteiger partial charge < -0.3 is 15.0 Å². The maximum absolute atomic E-state index is 12.3. The first-order valence-electron chi connectivity index (χ1n) is 5.49. The Balaban J connectivity index is 2.66. The van der Waals surface area contributed by atoms with Gasteiger partial charge in [0.25, 0.3) is 0 Å². The van der Waals surface area contributed by atoms with Crippen LogP contribution in [0, 0.1) is 0 Å². The van der Waals surface area contributed by atoms with Gasteiger partial charge in [-0.3, -0.25) is 4.79 Å². The Bertz CT molecular complexity index is 263. The highest BCUT2D eigenvalue weighted by molar-refractivity contribution is 5.82. The van der Waals surface area contributed by atoms with Crippen molar-refractivity contribution < 1.29 is 22.7 Å². The van der Waals surface area contributed by atoms with Crippen LogP contribution in [0.3, 0.4) is 0 Å². The van der Waals surface area contributed by atoms with Gasteiger partial charge in [0.1, 0.15) is 12.6 Å². The molecule has 17 heavy (non-hydrogen) atoms. The Hall–Kier alpha value is -0.820. The van der Waals surface area contributed by atoms with Gasteiger partial charge in [-0.05, 0) is 13.8 Å². The summed E-state index contributed by atoms with van der Waals surface area (Å²) in [6, 6.07) is -1.17. The maximum atomic E-state index is 12.3. The summed E-state index contributed by atoms with van der Waals surface area (Å²) in [5.74, 6) is -0.558. The molecule has 0 aromatic heterocycles. The number of alkyl halides is 3. The van der Waals surface area contributed by atoms with Gasteiger partial charge in [0.15, 0.2) is 0 Å². The lowest BCUT2D eigenvalue weighted by Crippen LogP contribution is -2.55. The van der Waals surface area contributed by atoms with Crippen LogP contribution in [0.25, 0.3) is 0 Å². The van der Waals surface area contributed by atoms with Gasteiger partial charge in [0.05, 0.1) is 13.2 Å². The molecule has 0 aliphatic carbocycles. The van der Waals surface area contributed by atoms with Crippen LogP contribution in [0.1, 0.15) is 13.8 Å². The van der Waals surface area contributed by atoms with Crippen molar-refractivity contribution in [3.8, 4) is 0 Å². The summed E-state index contributed by atoms with van der Waals surface area (Å²) >= 11 is 0. The van der Waals surface area contributed by atoms with Gasteiger partial charge in [0, 0.05) is 12.6 Å². The van der Waals surface area contributed by atoms with Crippen LogP contribution in [0.5, 0.6) is 0 Å². The Kier molecular flexibility index (Phi) is 4.76. The van der Waals surface area contributed by atoms with E-state index in [1.165, 1.54) is 0 Å². The van der Waals surface area contributed by atoms with Crippen molar-refractivity contribution >= 4 is 5.91 Å². The van der Waals surface area contributed by atoms with Crippen molar-refractivity contribution in [3.63, 3.8) is 0 Å². The second kappa shape index (κ2) is 5.68. The van der Waals surface area contributed by atoms with E-state index in [2.05, 4.69) is 5.32 Å². The first-order chi connectivity index (χ1) is 7.81. The number of nitrogens with zero attached hydrogens (tertiary/aromatic N) is 1. The quantitative estimate of drug-likeness (QED) is 0.809. The van der Waals surface area contributed by atoms with Crippen molar-refractivity contribution in [1.82, 2.24) is 10.2 Å². The van der Waals surface area contributed by atoms with Gasteiger partial charge in [-0.25, -0.2) is 0 Å². The van der Waals surface area contributed by atoms with Crippen LogP contribution in [-0.4, -0.2) is 55.4 Å². The predicted octanol–water partition coefficient (Wildman–Crippen LogP) is 0.774. The molecule has 0 bridgehead atoms. The molecule has 1 atom stereocenters. The topological polar surface area (TPSA) is 41.6 Å². The fourth-order valence-corrected chi connectivity index (χ4v) is 1.63. The van der Waals surface area contributed by atoms with Gasteiger partial charge >= 0.3 is 6.18 Å². The number of hydrogen-bond acceptors (Lipinski definition) is 3. The minimum atomic E-state index is -4.38. The smallest absolute Gasteiger partial charge is 0.378 e. The van der Waals surface area contributed by atoms with E-state index in [4.69, 9.17) is 4.74 Å². The molecule has 1 aliphatic heterocycles. The summed E-state index contributed by atoms with van der Waals surface area (Å²) in [4.78, 5) is 12.7. The fourth-order valence-electron chi connectivity index (χ4n) is 1.63. The largest absolute Gasteiger partial charge is 0.406 e. The highest BCUT2D eigenvalue weighted by Crippen LogP contribution is 2.19. The zero-order chi connectivity index (χ0) is 13.1. The molecule has 1 unspecified atom stereocenters. The molecule has 1 saturated heterocycles. The molecule has 1 heterocycles. The van der Waals surface area contributed by atoms with E-state index < -0.39 is 30.7 Å². The van der Waals surface area contributed by atoms with Gasteiger partial charge in [-0.1, -0.05) is 0 Å². The summed E-state index contributed by atoms with van der Waals surface area (Å²) in [6.07, 6.45) is -4.38. The molecule has 1 fully saturated rings. The maximum Gasteiger partial charge on any atom is 0.406 e. The predicted molar refractivity (Wildman–Crippen MR) is 55.5 cm³/mol. The average Bonchev–Trinajstić information content (AvgIpc) is 2.25. The van der Waals surface area contributed by atoms with E-state index >= 15 is 0 Å². The van der Waals surface area contributed by atoms with Crippen molar-refractivity contribution in [1.29, 1.82) is 0 Å². The number of carbonyl (C=O) groups excluding carboxylic acids is 1. The van der Waals surface area contributed by atoms with Gasteiger partial charge in [0.2, 0.25) is 5.91 Å². The molecular formula is C10H17F3N2O2. The van der Waals surface area contributed by atoms with E-state index in [9.17, 15) is 18.0 Å². The molecule has 0 saturated carbocycles. The van der Waals surface area contributed by atoms with Crippen LogP contribution >= 0.6 is 0 Å². The zero-order valence-corrected chi connectivity index (χ0v) is 9.88. The monoisotopic (exact) mass is 254 g/mol. The fraction of sp³-hybridized carbons (Fsp3) is 0.900. The summed E-state index contributed by atoms with van der Waals surface area (Å²) in [7, 11) is 0. The molecule has 1 aliphatic rings. The Morgan fingerprint density at radius 2 is 2.18 bits per heavy atom. The van der Waals surface area contributed by atoms with E-state index in [1.54, 1.807) is 13.8 Å². The lowest BCUT2D eigenvalue weighted by atomic mass is 10.2. The first-order valence-corrected chi connectivity index (χ1v) is 5.49. The lowest BCUT2D eigenvalue weighted by Gasteiger charge is -2.33. The van der Waals surface area contributed by atoms with E-state index in [0.29, 0.717) is 13.2 Å². The third-order valence-corrected chi connectivity index (χ3v) is 2.48. The number of rotatable bonds is 3. The molecular weight excluding hydrogens is 237 g/mol. The van der Waals surface area contributed by atoms with Crippen LogP contribution in [0.15, 0.2) is 0 Å². The highest BCUT2D eigenvalue weighted by atomic mass is 19.4. The lowest BCUT2D eigenvalue weighted by molar-refractivity contribution is -0.167. The summed E-state index contributed by atoms with van der Waals surface area (Å²) in [5, 5.41) is 2.86. The van der Waals surface area contributed by atoms with Gasteiger partial charge in [-0.2, -0.15) is 13.2 Å². The van der Waals surface area contributed by atoms with Crippen molar-refractivity contribution in [2.45, 2.75) is 32.1 Å². The summed E-state index contributed by atoms with van der Waals surface area (Å²) in [5.41, 5.74) is 0. The summed E-state index contributed by atoms with van der Waals surface area (Å²) in [6.45, 7) is 2.99. The van der Waals surface area contributed by atoms with Crippen LogP contribution < -0.4 is 5.32 Å². The van der Waals surface area contributed by atoms with Crippen LogP contribution in [0.4, 0.5) is 13.2 Å². The van der Waals surface area contributed by atoms with E-state index in [-0.39, 0.29) is 6.61 Å². The number of hydrogen-bond donors (Lipinski definition) is 1. The molecule has 100 valence electrons. The number of carbonyl (C=O) groups is 1. The molecule has 1 rings (SSSR count). The Labute approximate surface area is 98.1 Å². The Morgan fingerprint density at radius 1 is 1.53 bits per heavy atom. The number of ether oxygens (including phenoxy) is 1. The van der Waals surface area contributed by atoms with E-state index in [0.717, 1.165) is 4.90 Å². The molecule has 0 spiro atoms. The van der Waals surface area contributed by atoms with E-state index in [1.807, 2.05) is 0 Å². The zero-order valence-electron chi connectivity index (χ0n) is 9.88. The normalized spacial score (nSPS) is 21.6. The highest BCUT2D eigenvalue weighted by Gasteiger charge is 2.37. The Morgan fingerprint density at radius 3 is 2.59 bits per heavy atom. The first kappa shape index (κ1) is 14.2. The molecule has 1 amide bonds. The minimum absolute atomic E-state index is 0.125.